The van der Waals surface area contributed by atoms with Gasteiger partial charge in [0, 0.05) is 5.56 Å². The number of ether oxygens (including phenoxy) is 1. The van der Waals surface area contributed by atoms with Gasteiger partial charge in [0.15, 0.2) is 5.11 Å². The Labute approximate surface area is 154 Å². The van der Waals surface area contributed by atoms with Crippen molar-refractivity contribution in [2.75, 3.05) is 6.61 Å². The molecule has 0 aliphatic rings. The van der Waals surface area contributed by atoms with Gasteiger partial charge in [0.05, 0.1) is 6.04 Å². The normalized spacial score (nSPS) is 11.5. The second kappa shape index (κ2) is 8.62. The van der Waals surface area contributed by atoms with Crippen molar-refractivity contribution >= 4 is 23.2 Å². The molecule has 1 unspecified atom stereocenters. The van der Waals surface area contributed by atoms with Gasteiger partial charge in [-0.25, -0.2) is 0 Å². The Bertz CT molecular complexity index is 737. The number of amides is 1. The number of nitrogens with one attached hydrogen (secondary N) is 2. The lowest BCUT2D eigenvalue weighted by Crippen LogP contribution is -2.45. The first kappa shape index (κ1) is 18.9. The summed E-state index contributed by atoms with van der Waals surface area (Å²) in [6, 6.07) is 13.4. The smallest absolute Gasteiger partial charge is 0.257 e. The molecule has 0 heterocycles. The fraction of sp³-hybridized carbons (Fsp3) is 0.300. The molecule has 2 aromatic carbocycles. The van der Waals surface area contributed by atoms with E-state index in [0.717, 1.165) is 22.4 Å². The molecule has 2 aromatic rings. The van der Waals surface area contributed by atoms with Crippen molar-refractivity contribution in [1.29, 1.82) is 0 Å². The highest BCUT2D eigenvalue weighted by Crippen LogP contribution is 2.22. The molecular formula is C20H24N2O2S. The van der Waals surface area contributed by atoms with Gasteiger partial charge in [-0.2, -0.15) is 0 Å². The summed E-state index contributed by atoms with van der Waals surface area (Å²) >= 11 is 5.22. The van der Waals surface area contributed by atoms with Crippen LogP contribution < -0.4 is 15.4 Å². The van der Waals surface area contributed by atoms with Crippen molar-refractivity contribution in [3.63, 3.8) is 0 Å². The first-order valence-corrected chi connectivity index (χ1v) is 8.65. The van der Waals surface area contributed by atoms with Gasteiger partial charge >= 0.3 is 0 Å². The third-order valence-corrected chi connectivity index (χ3v) is 4.02. The van der Waals surface area contributed by atoms with E-state index in [1.54, 1.807) is 12.1 Å². The number of benzene rings is 2. The number of carbonyl (C=O) groups is 1. The van der Waals surface area contributed by atoms with E-state index >= 15 is 0 Å². The molecule has 0 bridgehead atoms. The summed E-state index contributed by atoms with van der Waals surface area (Å²) in [7, 11) is 0. The van der Waals surface area contributed by atoms with Crippen molar-refractivity contribution in [2.45, 2.75) is 33.7 Å². The average Bonchev–Trinajstić information content (AvgIpc) is 2.54. The molecule has 2 rings (SSSR count). The fourth-order valence-corrected chi connectivity index (χ4v) is 2.71. The first-order valence-electron chi connectivity index (χ1n) is 8.24. The van der Waals surface area contributed by atoms with Crippen LogP contribution in [0.15, 0.2) is 42.5 Å². The van der Waals surface area contributed by atoms with Gasteiger partial charge in [-0.15, -0.1) is 0 Å². The lowest BCUT2D eigenvalue weighted by atomic mass is 10.1. The predicted octanol–water partition coefficient (Wildman–Crippen LogP) is 3.68. The molecule has 0 spiro atoms. The number of hydrogen-bond acceptors (Lipinski definition) is 3. The van der Waals surface area contributed by atoms with Crippen molar-refractivity contribution in [3.05, 3.63) is 64.7 Å². The zero-order valence-corrected chi connectivity index (χ0v) is 15.9. The van der Waals surface area contributed by atoms with Crippen LogP contribution in [0.3, 0.4) is 0 Å². The van der Waals surface area contributed by atoms with Crippen LogP contribution in [0.25, 0.3) is 0 Å². The number of para-hydroxylation sites is 1. The van der Waals surface area contributed by atoms with Crippen LogP contribution >= 0.6 is 12.2 Å². The minimum atomic E-state index is -0.222. The van der Waals surface area contributed by atoms with Gasteiger partial charge in [0.25, 0.3) is 5.91 Å². The minimum absolute atomic E-state index is 0.0372. The van der Waals surface area contributed by atoms with Crippen molar-refractivity contribution in [3.8, 4) is 5.75 Å². The van der Waals surface area contributed by atoms with E-state index in [0.29, 0.717) is 17.3 Å². The standard InChI is InChI=1S/C20H24N2O2S/c1-13-8-10-17(11-9-13)19(23)22-20(25)21-16(4)12-24-18-14(2)6-5-7-15(18)3/h5-11,16H,12H2,1-4H3,(H2,21,22,23,25). The molecule has 0 fully saturated rings. The zero-order chi connectivity index (χ0) is 18.4. The van der Waals surface area contributed by atoms with E-state index in [2.05, 4.69) is 10.6 Å². The van der Waals surface area contributed by atoms with E-state index in [9.17, 15) is 4.79 Å². The van der Waals surface area contributed by atoms with Crippen molar-refractivity contribution < 1.29 is 9.53 Å². The molecule has 0 aliphatic carbocycles. The second-order valence-corrected chi connectivity index (χ2v) is 6.63. The van der Waals surface area contributed by atoms with Crippen LogP contribution in [-0.4, -0.2) is 23.7 Å². The third kappa shape index (κ3) is 5.57. The molecule has 0 saturated carbocycles. The summed E-state index contributed by atoms with van der Waals surface area (Å²) < 4.78 is 5.90. The third-order valence-electron chi connectivity index (χ3n) is 3.80. The summed E-state index contributed by atoms with van der Waals surface area (Å²) in [6.07, 6.45) is 0. The highest BCUT2D eigenvalue weighted by molar-refractivity contribution is 7.80. The SMILES string of the molecule is Cc1ccc(C(=O)NC(=S)NC(C)COc2c(C)cccc2C)cc1. The number of rotatable bonds is 5. The Morgan fingerprint density at radius 1 is 1.08 bits per heavy atom. The van der Waals surface area contributed by atoms with Crippen LogP contribution in [0.1, 0.15) is 34.0 Å². The molecule has 0 saturated heterocycles. The Kier molecular flexibility index (Phi) is 6.53. The van der Waals surface area contributed by atoms with Gasteiger partial charge in [-0.05, 0) is 63.2 Å². The fourth-order valence-electron chi connectivity index (χ4n) is 2.42. The molecule has 0 aliphatic heterocycles. The maximum Gasteiger partial charge on any atom is 0.257 e. The minimum Gasteiger partial charge on any atom is -0.491 e. The summed E-state index contributed by atoms with van der Waals surface area (Å²) in [5, 5.41) is 6.06. The van der Waals surface area contributed by atoms with Crippen LogP contribution in [-0.2, 0) is 0 Å². The van der Waals surface area contributed by atoms with Crippen LogP contribution in [0.5, 0.6) is 5.75 Å². The molecule has 5 heteroatoms. The number of aryl methyl sites for hydroxylation is 3. The lowest BCUT2D eigenvalue weighted by Gasteiger charge is -2.19. The number of carbonyl (C=O) groups excluding carboxylic acids is 1. The second-order valence-electron chi connectivity index (χ2n) is 6.23. The molecule has 0 radical (unpaired) electrons. The molecular weight excluding hydrogens is 332 g/mol. The molecule has 0 aromatic heterocycles. The van der Waals surface area contributed by atoms with E-state index in [4.69, 9.17) is 17.0 Å². The van der Waals surface area contributed by atoms with Crippen LogP contribution in [0.2, 0.25) is 0 Å². The van der Waals surface area contributed by atoms with Gasteiger partial charge in [-0.1, -0.05) is 35.9 Å². The highest BCUT2D eigenvalue weighted by Gasteiger charge is 2.11. The summed E-state index contributed by atoms with van der Waals surface area (Å²) in [4.78, 5) is 12.1. The van der Waals surface area contributed by atoms with Gasteiger partial charge in [0.1, 0.15) is 12.4 Å². The molecule has 25 heavy (non-hydrogen) atoms. The Balaban J connectivity index is 1.83. The monoisotopic (exact) mass is 356 g/mol. The topological polar surface area (TPSA) is 50.4 Å². The predicted molar refractivity (Wildman–Crippen MR) is 105 cm³/mol. The van der Waals surface area contributed by atoms with Gasteiger partial charge in [0.2, 0.25) is 0 Å². The van der Waals surface area contributed by atoms with E-state index in [-0.39, 0.29) is 11.9 Å². The average molecular weight is 356 g/mol. The first-order chi connectivity index (χ1) is 11.9. The molecule has 2 N–H and O–H groups in total. The van der Waals surface area contributed by atoms with E-state index < -0.39 is 0 Å². The van der Waals surface area contributed by atoms with Gasteiger partial charge in [-0.3, -0.25) is 10.1 Å². The number of hydrogen-bond donors (Lipinski definition) is 2. The summed E-state index contributed by atoms with van der Waals surface area (Å²) in [5.41, 5.74) is 3.88. The summed E-state index contributed by atoms with van der Waals surface area (Å²) in [6.45, 7) is 8.43. The Morgan fingerprint density at radius 2 is 1.68 bits per heavy atom. The van der Waals surface area contributed by atoms with Crippen molar-refractivity contribution in [1.82, 2.24) is 10.6 Å². The van der Waals surface area contributed by atoms with Crippen LogP contribution in [0, 0.1) is 20.8 Å². The van der Waals surface area contributed by atoms with E-state index in [1.165, 1.54) is 0 Å². The maximum absolute atomic E-state index is 12.1. The lowest BCUT2D eigenvalue weighted by molar-refractivity contribution is 0.0976. The Morgan fingerprint density at radius 3 is 2.28 bits per heavy atom. The largest absolute Gasteiger partial charge is 0.491 e. The molecule has 1 atom stereocenters. The van der Waals surface area contributed by atoms with Crippen molar-refractivity contribution in [2.24, 2.45) is 0 Å². The van der Waals surface area contributed by atoms with Crippen LogP contribution in [0.4, 0.5) is 0 Å². The Hall–Kier alpha value is -2.40. The molecule has 4 nitrogen and oxygen atoms in total. The number of thiocarbonyl (C=S) groups is 1. The molecule has 1 amide bonds. The van der Waals surface area contributed by atoms with E-state index in [1.807, 2.05) is 58.0 Å². The maximum atomic E-state index is 12.1. The molecule has 132 valence electrons. The quantitative estimate of drug-likeness (QED) is 0.803. The van der Waals surface area contributed by atoms with Gasteiger partial charge < -0.3 is 10.1 Å². The summed E-state index contributed by atoms with van der Waals surface area (Å²) in [5.74, 6) is 0.672. The zero-order valence-electron chi connectivity index (χ0n) is 15.1. The highest BCUT2D eigenvalue weighted by atomic mass is 32.1.